The van der Waals surface area contributed by atoms with Gasteiger partial charge in [0.15, 0.2) is 23.1 Å². The molecule has 0 saturated heterocycles. The molecule has 1 aromatic heterocycles. The number of pyridine rings is 1. The minimum atomic E-state index is -0.320. The average molecular weight is 313 g/mol. The number of ether oxygens (including phenoxy) is 3. The molecule has 3 rings (SSSR count). The Bertz CT molecular complexity index is 841. The van der Waals surface area contributed by atoms with E-state index in [2.05, 4.69) is 4.98 Å². The van der Waals surface area contributed by atoms with Crippen LogP contribution in [0.25, 0.3) is 0 Å². The highest BCUT2D eigenvalue weighted by Crippen LogP contribution is 2.44. The molecule has 23 heavy (non-hydrogen) atoms. The van der Waals surface area contributed by atoms with Crippen LogP contribution in [0.5, 0.6) is 17.2 Å². The van der Waals surface area contributed by atoms with Crippen molar-refractivity contribution in [3.8, 4) is 17.2 Å². The minimum Gasteiger partial charge on any atom is -0.496 e. The molecule has 118 valence electrons. The first kappa shape index (κ1) is 15.0. The summed E-state index contributed by atoms with van der Waals surface area (Å²) in [4.78, 5) is 29.9. The second-order valence-corrected chi connectivity index (χ2v) is 5.09. The van der Waals surface area contributed by atoms with E-state index in [1.54, 1.807) is 13.0 Å². The van der Waals surface area contributed by atoms with Gasteiger partial charge in [0.2, 0.25) is 0 Å². The maximum atomic E-state index is 13.0. The zero-order valence-corrected chi connectivity index (χ0v) is 13.2. The molecule has 2 aromatic rings. The van der Waals surface area contributed by atoms with E-state index >= 15 is 0 Å². The van der Waals surface area contributed by atoms with Crippen LogP contribution in [0.15, 0.2) is 18.3 Å². The predicted octanol–water partition coefficient (Wildman–Crippen LogP) is 2.19. The molecule has 0 radical (unpaired) electrons. The van der Waals surface area contributed by atoms with Crippen molar-refractivity contribution in [3.63, 3.8) is 0 Å². The molecule has 0 bridgehead atoms. The Morgan fingerprint density at radius 1 is 0.826 bits per heavy atom. The van der Waals surface area contributed by atoms with Gasteiger partial charge < -0.3 is 14.2 Å². The lowest BCUT2D eigenvalue weighted by Gasteiger charge is -2.23. The second kappa shape index (κ2) is 5.39. The number of ketones is 2. The van der Waals surface area contributed by atoms with Gasteiger partial charge in [-0.3, -0.25) is 14.6 Å². The molecule has 1 heterocycles. The van der Waals surface area contributed by atoms with Crippen LogP contribution in [0, 0.1) is 6.92 Å². The molecule has 0 unspecified atom stereocenters. The highest BCUT2D eigenvalue weighted by atomic mass is 16.5. The Morgan fingerprint density at radius 3 is 2.09 bits per heavy atom. The fourth-order valence-electron chi connectivity index (χ4n) is 2.77. The Balaban J connectivity index is 2.40. The summed E-state index contributed by atoms with van der Waals surface area (Å²) in [5.74, 6) is 0.191. The molecular formula is C17H15NO5. The molecule has 6 heteroatoms. The van der Waals surface area contributed by atoms with E-state index in [0.29, 0.717) is 17.0 Å². The molecule has 0 saturated carbocycles. The van der Waals surface area contributed by atoms with Crippen molar-refractivity contribution < 1.29 is 23.8 Å². The Kier molecular flexibility index (Phi) is 3.52. The fraction of sp³-hybridized carbons (Fsp3) is 0.235. The van der Waals surface area contributed by atoms with Gasteiger partial charge in [-0.25, -0.2) is 0 Å². The highest BCUT2D eigenvalue weighted by Gasteiger charge is 2.37. The molecule has 6 nitrogen and oxygen atoms in total. The molecule has 1 aromatic carbocycles. The summed E-state index contributed by atoms with van der Waals surface area (Å²) in [5, 5.41) is 0. The van der Waals surface area contributed by atoms with Gasteiger partial charge in [-0.2, -0.15) is 0 Å². The summed E-state index contributed by atoms with van der Waals surface area (Å²) >= 11 is 0. The van der Waals surface area contributed by atoms with E-state index in [4.69, 9.17) is 14.2 Å². The third kappa shape index (κ3) is 2.06. The Morgan fingerprint density at radius 2 is 1.48 bits per heavy atom. The summed E-state index contributed by atoms with van der Waals surface area (Å²) in [5.41, 5.74) is 1.56. The van der Waals surface area contributed by atoms with Gasteiger partial charge in [-0.05, 0) is 13.0 Å². The number of carbonyl (C=O) groups is 2. The summed E-state index contributed by atoms with van der Waals surface area (Å²) in [6.45, 7) is 1.76. The third-order valence-electron chi connectivity index (χ3n) is 3.84. The third-order valence-corrected chi connectivity index (χ3v) is 3.84. The standard InChI is InChI=1S/C17H15NO5/c1-8-5-9-10(7-18-8)16(20)13-11(21-2)6-12(22-3)17(23-4)14(13)15(9)19/h5-7H,1-4H3. The van der Waals surface area contributed by atoms with E-state index in [-0.39, 0.29) is 39.8 Å². The van der Waals surface area contributed by atoms with E-state index in [1.165, 1.54) is 33.6 Å². The van der Waals surface area contributed by atoms with Gasteiger partial charge in [-0.1, -0.05) is 0 Å². The van der Waals surface area contributed by atoms with Crippen molar-refractivity contribution in [3.05, 3.63) is 46.3 Å². The number of benzene rings is 1. The van der Waals surface area contributed by atoms with Crippen LogP contribution in [0.4, 0.5) is 0 Å². The topological polar surface area (TPSA) is 74.7 Å². The first-order chi connectivity index (χ1) is 11.0. The monoisotopic (exact) mass is 313 g/mol. The fourth-order valence-corrected chi connectivity index (χ4v) is 2.77. The van der Waals surface area contributed by atoms with E-state index in [1.807, 2.05) is 0 Å². The number of hydrogen-bond donors (Lipinski definition) is 0. The van der Waals surface area contributed by atoms with Gasteiger partial charge in [0.05, 0.1) is 38.0 Å². The Labute approximate surface area is 133 Å². The van der Waals surface area contributed by atoms with E-state index in [9.17, 15) is 9.59 Å². The molecule has 1 aliphatic rings. The number of nitrogens with zero attached hydrogens (tertiary/aromatic N) is 1. The Hall–Kier alpha value is -2.89. The van der Waals surface area contributed by atoms with Crippen LogP contribution in [0.1, 0.15) is 37.5 Å². The molecule has 0 amide bonds. The van der Waals surface area contributed by atoms with Gasteiger partial charge >= 0.3 is 0 Å². The van der Waals surface area contributed by atoms with Crippen molar-refractivity contribution in [1.29, 1.82) is 0 Å². The maximum absolute atomic E-state index is 13.0. The SMILES string of the molecule is COc1cc(OC)c2c(c1OC)C(=O)c1cc(C)ncc1C2=O. The van der Waals surface area contributed by atoms with Crippen molar-refractivity contribution >= 4 is 11.6 Å². The summed E-state index contributed by atoms with van der Waals surface area (Å²) < 4.78 is 15.9. The van der Waals surface area contributed by atoms with Crippen LogP contribution in [-0.2, 0) is 0 Å². The van der Waals surface area contributed by atoms with Gasteiger partial charge in [0.25, 0.3) is 0 Å². The first-order valence-electron chi connectivity index (χ1n) is 6.92. The van der Waals surface area contributed by atoms with Crippen LogP contribution < -0.4 is 14.2 Å². The first-order valence-corrected chi connectivity index (χ1v) is 6.92. The second-order valence-electron chi connectivity index (χ2n) is 5.09. The molecule has 0 spiro atoms. The van der Waals surface area contributed by atoms with E-state index in [0.717, 1.165) is 0 Å². The number of hydrogen-bond acceptors (Lipinski definition) is 6. The highest BCUT2D eigenvalue weighted by molar-refractivity contribution is 6.30. The molecular weight excluding hydrogens is 298 g/mol. The number of fused-ring (bicyclic) bond motifs is 2. The van der Waals surface area contributed by atoms with Gasteiger partial charge in [0.1, 0.15) is 5.75 Å². The maximum Gasteiger partial charge on any atom is 0.199 e. The van der Waals surface area contributed by atoms with Crippen molar-refractivity contribution in [2.45, 2.75) is 6.92 Å². The predicted molar refractivity (Wildman–Crippen MR) is 81.9 cm³/mol. The van der Waals surface area contributed by atoms with Crippen molar-refractivity contribution in [2.24, 2.45) is 0 Å². The van der Waals surface area contributed by atoms with Gasteiger partial charge in [0, 0.05) is 23.5 Å². The number of rotatable bonds is 3. The van der Waals surface area contributed by atoms with Crippen molar-refractivity contribution in [2.75, 3.05) is 21.3 Å². The van der Waals surface area contributed by atoms with Crippen LogP contribution in [0.3, 0.4) is 0 Å². The number of methoxy groups -OCH3 is 3. The van der Waals surface area contributed by atoms with Gasteiger partial charge in [-0.15, -0.1) is 0 Å². The molecule has 1 aliphatic carbocycles. The van der Waals surface area contributed by atoms with Crippen LogP contribution in [0.2, 0.25) is 0 Å². The quantitative estimate of drug-likeness (QED) is 0.738. The smallest absolute Gasteiger partial charge is 0.199 e. The average Bonchev–Trinajstić information content (AvgIpc) is 2.57. The zero-order chi connectivity index (χ0) is 16.7. The number of aromatic nitrogens is 1. The van der Waals surface area contributed by atoms with E-state index < -0.39 is 0 Å². The molecule has 0 atom stereocenters. The lowest BCUT2D eigenvalue weighted by atomic mass is 9.83. The minimum absolute atomic E-state index is 0.159. The number of aryl methyl sites for hydroxylation is 1. The number of carbonyl (C=O) groups excluding carboxylic acids is 2. The molecule has 0 aliphatic heterocycles. The normalized spacial score (nSPS) is 12.5. The van der Waals surface area contributed by atoms with Crippen LogP contribution >= 0.6 is 0 Å². The van der Waals surface area contributed by atoms with Crippen molar-refractivity contribution in [1.82, 2.24) is 4.98 Å². The largest absolute Gasteiger partial charge is 0.496 e. The lowest BCUT2D eigenvalue weighted by Crippen LogP contribution is -2.23. The summed E-state index contributed by atoms with van der Waals surface area (Å²) in [7, 11) is 4.32. The summed E-state index contributed by atoms with van der Waals surface area (Å²) in [6, 6.07) is 3.14. The summed E-state index contributed by atoms with van der Waals surface area (Å²) in [6.07, 6.45) is 1.42. The molecule has 0 fully saturated rings. The van der Waals surface area contributed by atoms with Crippen LogP contribution in [-0.4, -0.2) is 37.9 Å². The lowest BCUT2D eigenvalue weighted by molar-refractivity contribution is 0.0972. The zero-order valence-electron chi connectivity index (χ0n) is 13.2. The molecule has 0 N–H and O–H groups in total.